The maximum atomic E-state index is 13.5. The van der Waals surface area contributed by atoms with Crippen molar-refractivity contribution in [2.45, 2.75) is 17.4 Å². The fraction of sp³-hybridized carbons (Fsp3) is 0.333. The molecular weight excluding hydrogens is 209 g/mol. The molecule has 1 aromatic carbocycles. The first kappa shape index (κ1) is 10.5. The van der Waals surface area contributed by atoms with Gasteiger partial charge in [-0.15, -0.1) is 18.2 Å². The van der Waals surface area contributed by atoms with E-state index in [0.29, 0.717) is 6.54 Å². The van der Waals surface area contributed by atoms with Gasteiger partial charge in [-0.1, -0.05) is 18.1 Å². The molecule has 1 heterocycles. The summed E-state index contributed by atoms with van der Waals surface area (Å²) in [6, 6.07) is 5.44. The maximum Gasteiger partial charge on any atom is 0.137 e. The third-order valence-corrected chi connectivity index (χ3v) is 3.64. The Morgan fingerprint density at radius 2 is 2.47 bits per heavy atom. The minimum absolute atomic E-state index is 0.121. The van der Waals surface area contributed by atoms with Crippen molar-refractivity contribution in [3.8, 4) is 12.3 Å². The monoisotopic (exact) mass is 221 g/mol. The lowest BCUT2D eigenvalue weighted by Crippen LogP contribution is -2.25. The van der Waals surface area contributed by atoms with Crippen LogP contribution < -0.4 is 5.32 Å². The predicted molar refractivity (Wildman–Crippen MR) is 61.3 cm³/mol. The molecule has 3 heteroatoms. The van der Waals surface area contributed by atoms with Gasteiger partial charge < -0.3 is 0 Å². The van der Waals surface area contributed by atoms with E-state index in [0.717, 1.165) is 22.6 Å². The molecule has 0 radical (unpaired) electrons. The number of nitrogens with one attached hydrogen (secondary N) is 1. The average molecular weight is 221 g/mol. The van der Waals surface area contributed by atoms with Crippen LogP contribution in [0.4, 0.5) is 4.39 Å². The molecule has 78 valence electrons. The topological polar surface area (TPSA) is 12.0 Å². The minimum atomic E-state index is -0.121. The quantitative estimate of drug-likeness (QED) is 0.770. The Morgan fingerprint density at radius 1 is 1.60 bits per heavy atom. The zero-order chi connectivity index (χ0) is 10.7. The molecule has 1 N–H and O–H groups in total. The molecule has 0 bridgehead atoms. The average Bonchev–Trinajstić information content (AvgIpc) is 2.27. The Labute approximate surface area is 93.5 Å². The molecule has 0 saturated heterocycles. The van der Waals surface area contributed by atoms with Gasteiger partial charge in [-0.3, -0.25) is 5.32 Å². The zero-order valence-electron chi connectivity index (χ0n) is 8.29. The Kier molecular flexibility index (Phi) is 3.30. The van der Waals surface area contributed by atoms with Crippen LogP contribution in [-0.2, 0) is 0 Å². The highest BCUT2D eigenvalue weighted by atomic mass is 32.2. The Bertz CT molecular complexity index is 397. The number of fused-ring (bicyclic) bond motifs is 1. The first-order chi connectivity index (χ1) is 7.33. The molecule has 0 aliphatic carbocycles. The van der Waals surface area contributed by atoms with Gasteiger partial charge in [-0.2, -0.15) is 0 Å². The van der Waals surface area contributed by atoms with Gasteiger partial charge >= 0.3 is 0 Å². The molecule has 1 atom stereocenters. The van der Waals surface area contributed by atoms with Crippen molar-refractivity contribution in [1.29, 1.82) is 0 Å². The molecule has 0 saturated carbocycles. The second-order valence-corrected chi connectivity index (χ2v) is 4.54. The van der Waals surface area contributed by atoms with Gasteiger partial charge in [-0.05, 0) is 23.8 Å². The van der Waals surface area contributed by atoms with Crippen molar-refractivity contribution < 1.29 is 4.39 Å². The van der Waals surface area contributed by atoms with Gasteiger partial charge in [0.25, 0.3) is 0 Å². The molecule has 0 spiro atoms. The molecule has 1 aliphatic heterocycles. The van der Waals surface area contributed by atoms with Crippen molar-refractivity contribution in [3.63, 3.8) is 0 Å². The highest BCUT2D eigenvalue weighted by Crippen LogP contribution is 2.37. The molecule has 0 aromatic heterocycles. The standard InChI is InChI=1S/C12H12FNS/c1-2-7-14-11-6-8-15-12-9(11)4-3-5-10(12)13/h1,3-5,11,14H,6-8H2. The number of terminal acetylenes is 1. The van der Waals surface area contributed by atoms with E-state index >= 15 is 0 Å². The van der Waals surface area contributed by atoms with Crippen molar-refractivity contribution in [1.82, 2.24) is 5.32 Å². The van der Waals surface area contributed by atoms with E-state index in [2.05, 4.69) is 11.2 Å². The molecule has 1 unspecified atom stereocenters. The van der Waals surface area contributed by atoms with E-state index in [1.807, 2.05) is 6.07 Å². The molecule has 0 fully saturated rings. The number of rotatable bonds is 2. The van der Waals surface area contributed by atoms with Crippen LogP contribution >= 0.6 is 11.8 Å². The summed E-state index contributed by atoms with van der Waals surface area (Å²) in [6.07, 6.45) is 6.21. The summed E-state index contributed by atoms with van der Waals surface area (Å²) in [6.45, 7) is 0.533. The largest absolute Gasteiger partial charge is 0.299 e. The molecular formula is C12H12FNS. The molecule has 1 aliphatic rings. The van der Waals surface area contributed by atoms with Crippen LogP contribution in [0, 0.1) is 18.2 Å². The SMILES string of the molecule is C#CCNC1CCSc2c(F)cccc21. The highest BCUT2D eigenvalue weighted by Gasteiger charge is 2.21. The summed E-state index contributed by atoms with van der Waals surface area (Å²) < 4.78 is 13.5. The summed E-state index contributed by atoms with van der Waals surface area (Å²) in [5.74, 6) is 3.37. The fourth-order valence-corrected chi connectivity index (χ4v) is 2.92. The fourth-order valence-electron chi connectivity index (χ4n) is 1.78. The minimum Gasteiger partial charge on any atom is -0.299 e. The number of thioether (sulfide) groups is 1. The number of halogens is 1. The van der Waals surface area contributed by atoms with E-state index in [1.54, 1.807) is 17.8 Å². The Morgan fingerprint density at radius 3 is 3.27 bits per heavy atom. The van der Waals surface area contributed by atoms with Crippen LogP contribution in [-0.4, -0.2) is 12.3 Å². The number of hydrogen-bond donors (Lipinski definition) is 1. The van der Waals surface area contributed by atoms with Crippen molar-refractivity contribution >= 4 is 11.8 Å². The van der Waals surface area contributed by atoms with Crippen LogP contribution in [0.3, 0.4) is 0 Å². The van der Waals surface area contributed by atoms with E-state index in [9.17, 15) is 4.39 Å². The van der Waals surface area contributed by atoms with Crippen molar-refractivity contribution in [2.75, 3.05) is 12.3 Å². The van der Waals surface area contributed by atoms with E-state index in [4.69, 9.17) is 6.42 Å². The lowest BCUT2D eigenvalue weighted by Gasteiger charge is -2.25. The zero-order valence-corrected chi connectivity index (χ0v) is 9.11. The van der Waals surface area contributed by atoms with Crippen LogP contribution in [0.5, 0.6) is 0 Å². The predicted octanol–water partition coefficient (Wildman–Crippen LogP) is 2.59. The summed E-state index contributed by atoms with van der Waals surface area (Å²) in [5, 5.41) is 3.24. The third-order valence-electron chi connectivity index (χ3n) is 2.48. The van der Waals surface area contributed by atoms with Gasteiger partial charge in [0.2, 0.25) is 0 Å². The second kappa shape index (κ2) is 4.69. The lowest BCUT2D eigenvalue weighted by atomic mass is 10.0. The Balaban J connectivity index is 2.27. The molecule has 2 rings (SSSR count). The summed E-state index contributed by atoms with van der Waals surface area (Å²) in [4.78, 5) is 0.776. The Hall–Kier alpha value is -0.980. The van der Waals surface area contributed by atoms with Gasteiger partial charge in [0, 0.05) is 10.9 Å². The first-order valence-electron chi connectivity index (χ1n) is 4.91. The lowest BCUT2D eigenvalue weighted by molar-refractivity contribution is 0.523. The number of hydrogen-bond acceptors (Lipinski definition) is 2. The first-order valence-corrected chi connectivity index (χ1v) is 5.89. The maximum absolute atomic E-state index is 13.5. The van der Waals surface area contributed by atoms with Crippen molar-refractivity contribution in [3.05, 3.63) is 29.6 Å². The molecule has 15 heavy (non-hydrogen) atoms. The molecule has 0 amide bonds. The van der Waals surface area contributed by atoms with Gasteiger partial charge in [0.1, 0.15) is 5.82 Å². The van der Waals surface area contributed by atoms with Crippen LogP contribution in [0.25, 0.3) is 0 Å². The molecule has 1 aromatic rings. The highest BCUT2D eigenvalue weighted by molar-refractivity contribution is 7.99. The van der Waals surface area contributed by atoms with Crippen LogP contribution in [0.2, 0.25) is 0 Å². The van der Waals surface area contributed by atoms with E-state index in [1.165, 1.54) is 6.07 Å². The normalized spacial score (nSPS) is 19.3. The smallest absolute Gasteiger partial charge is 0.137 e. The third kappa shape index (κ3) is 2.17. The molecule has 1 nitrogen and oxygen atoms in total. The summed E-state index contributed by atoms with van der Waals surface area (Å²) in [5.41, 5.74) is 1.04. The van der Waals surface area contributed by atoms with Crippen LogP contribution in [0.1, 0.15) is 18.0 Å². The summed E-state index contributed by atoms with van der Waals surface area (Å²) in [7, 11) is 0. The van der Waals surface area contributed by atoms with E-state index < -0.39 is 0 Å². The number of benzene rings is 1. The van der Waals surface area contributed by atoms with Gasteiger partial charge in [0.05, 0.1) is 6.54 Å². The van der Waals surface area contributed by atoms with Gasteiger partial charge in [-0.25, -0.2) is 4.39 Å². The van der Waals surface area contributed by atoms with E-state index in [-0.39, 0.29) is 11.9 Å². The van der Waals surface area contributed by atoms with Gasteiger partial charge in [0.15, 0.2) is 0 Å². The van der Waals surface area contributed by atoms with Crippen molar-refractivity contribution in [2.24, 2.45) is 0 Å². The second-order valence-electron chi connectivity index (χ2n) is 3.43. The summed E-state index contributed by atoms with van der Waals surface area (Å²) >= 11 is 1.59. The van der Waals surface area contributed by atoms with Crippen LogP contribution in [0.15, 0.2) is 23.1 Å².